The fourth-order valence-corrected chi connectivity index (χ4v) is 4.63. The van der Waals surface area contributed by atoms with Crippen LogP contribution in [0.5, 0.6) is 11.5 Å². The minimum atomic E-state index is -0.498. The van der Waals surface area contributed by atoms with Gasteiger partial charge in [0.15, 0.2) is 16.7 Å². The molecule has 1 aromatic heterocycles. The van der Waals surface area contributed by atoms with Crippen molar-refractivity contribution >= 4 is 35.1 Å². The molecule has 3 aromatic rings. The van der Waals surface area contributed by atoms with E-state index in [1.807, 2.05) is 25.1 Å². The highest BCUT2D eigenvalue weighted by Crippen LogP contribution is 2.38. The van der Waals surface area contributed by atoms with Gasteiger partial charge in [-0.15, -0.1) is 0 Å². The van der Waals surface area contributed by atoms with E-state index in [9.17, 15) is 14.7 Å². The second-order valence-electron chi connectivity index (χ2n) is 6.98. The number of carbonyl (C=O) groups is 1. The molecular formula is C22H20ClN3O4S. The highest BCUT2D eigenvalue weighted by atomic mass is 35.5. The van der Waals surface area contributed by atoms with Gasteiger partial charge in [0.1, 0.15) is 5.82 Å². The number of aromatic nitrogens is 2. The maximum atomic E-state index is 13.0. The van der Waals surface area contributed by atoms with E-state index >= 15 is 0 Å². The number of aromatic amines is 1. The van der Waals surface area contributed by atoms with Crippen LogP contribution in [0.3, 0.4) is 0 Å². The maximum Gasteiger partial charge on any atom is 0.257 e. The second kappa shape index (κ2) is 9.03. The summed E-state index contributed by atoms with van der Waals surface area (Å²) >= 11 is 7.53. The smallest absolute Gasteiger partial charge is 0.257 e. The molecule has 1 atom stereocenters. The zero-order valence-corrected chi connectivity index (χ0v) is 18.2. The molecule has 160 valence electrons. The van der Waals surface area contributed by atoms with Crippen molar-refractivity contribution in [1.29, 1.82) is 0 Å². The molecule has 4 rings (SSSR count). The average molecular weight is 458 g/mol. The Morgan fingerprint density at radius 1 is 1.26 bits per heavy atom. The molecule has 0 radical (unpaired) electrons. The van der Waals surface area contributed by atoms with E-state index in [4.69, 9.17) is 16.3 Å². The summed E-state index contributed by atoms with van der Waals surface area (Å²) in [5, 5.41) is 13.7. The molecule has 0 aliphatic carbocycles. The van der Waals surface area contributed by atoms with Crippen molar-refractivity contribution in [3.8, 4) is 11.5 Å². The molecule has 1 aliphatic rings. The van der Waals surface area contributed by atoms with Crippen LogP contribution in [0.4, 0.5) is 5.82 Å². The number of hydrogen-bond acceptors (Lipinski definition) is 6. The molecule has 0 fully saturated rings. The van der Waals surface area contributed by atoms with E-state index in [0.717, 1.165) is 5.56 Å². The molecule has 2 heterocycles. The number of halogens is 1. The predicted octanol–water partition coefficient (Wildman–Crippen LogP) is 4.29. The van der Waals surface area contributed by atoms with Crippen LogP contribution >= 0.6 is 23.4 Å². The number of benzene rings is 2. The summed E-state index contributed by atoms with van der Waals surface area (Å²) in [6.07, 6.45) is 0.0974. The number of nitrogens with one attached hydrogen (secondary N) is 2. The first-order chi connectivity index (χ1) is 15.0. The van der Waals surface area contributed by atoms with E-state index < -0.39 is 5.92 Å². The molecular weight excluding hydrogens is 438 g/mol. The number of nitrogens with zero attached hydrogens (tertiary/aromatic N) is 1. The van der Waals surface area contributed by atoms with Gasteiger partial charge in [0, 0.05) is 23.1 Å². The molecule has 0 saturated carbocycles. The third kappa shape index (κ3) is 4.55. The van der Waals surface area contributed by atoms with Crippen LogP contribution in [0.25, 0.3) is 0 Å². The van der Waals surface area contributed by atoms with Crippen molar-refractivity contribution in [3.05, 3.63) is 74.5 Å². The van der Waals surface area contributed by atoms with E-state index in [-0.39, 0.29) is 29.5 Å². The van der Waals surface area contributed by atoms with Crippen molar-refractivity contribution in [3.63, 3.8) is 0 Å². The van der Waals surface area contributed by atoms with Gasteiger partial charge >= 0.3 is 0 Å². The number of hydrogen-bond donors (Lipinski definition) is 3. The summed E-state index contributed by atoms with van der Waals surface area (Å²) in [6, 6.07) is 12.3. The largest absolute Gasteiger partial charge is 0.504 e. The molecule has 0 saturated heterocycles. The molecule has 0 bridgehead atoms. The molecule has 3 N–H and O–H groups in total. The first-order valence-electron chi connectivity index (χ1n) is 9.72. The Bertz CT molecular complexity index is 1200. The van der Waals surface area contributed by atoms with Crippen LogP contribution < -0.4 is 15.6 Å². The first kappa shape index (κ1) is 21.3. The Morgan fingerprint density at radius 2 is 2.06 bits per heavy atom. The normalized spacial score (nSPS) is 15.3. The number of ether oxygens (including phenoxy) is 1. The summed E-state index contributed by atoms with van der Waals surface area (Å²) in [5.41, 5.74) is 1.68. The number of H-pyrrole nitrogens is 1. The number of carbonyl (C=O) groups excluding carboxylic acids is 1. The minimum absolute atomic E-state index is 0.00411. The van der Waals surface area contributed by atoms with Crippen LogP contribution in [0, 0.1) is 0 Å². The zero-order valence-electron chi connectivity index (χ0n) is 16.6. The Hall–Kier alpha value is -2.97. The van der Waals surface area contributed by atoms with Gasteiger partial charge in [-0.2, -0.15) is 0 Å². The van der Waals surface area contributed by atoms with Crippen LogP contribution in [-0.4, -0.2) is 27.6 Å². The van der Waals surface area contributed by atoms with Crippen LogP contribution in [-0.2, 0) is 10.5 Å². The Labute approximate surface area is 187 Å². The number of amides is 1. The fourth-order valence-electron chi connectivity index (χ4n) is 3.48. The lowest BCUT2D eigenvalue weighted by atomic mass is 9.86. The Balaban J connectivity index is 1.67. The Kier molecular flexibility index (Phi) is 6.20. The molecule has 31 heavy (non-hydrogen) atoms. The third-order valence-electron chi connectivity index (χ3n) is 4.94. The van der Waals surface area contributed by atoms with E-state index in [2.05, 4.69) is 15.3 Å². The van der Waals surface area contributed by atoms with Crippen molar-refractivity contribution in [2.75, 3.05) is 11.9 Å². The summed E-state index contributed by atoms with van der Waals surface area (Å²) in [5.74, 6) is 0.353. The summed E-state index contributed by atoms with van der Waals surface area (Å²) in [4.78, 5) is 32.6. The molecule has 1 aliphatic heterocycles. The van der Waals surface area contributed by atoms with Gasteiger partial charge < -0.3 is 20.1 Å². The van der Waals surface area contributed by atoms with Gasteiger partial charge in [0.05, 0.1) is 12.2 Å². The van der Waals surface area contributed by atoms with Crippen LogP contribution in [0.15, 0.2) is 52.4 Å². The molecule has 0 unspecified atom stereocenters. The maximum absolute atomic E-state index is 13.0. The third-order valence-corrected chi connectivity index (χ3v) is 6.23. The monoisotopic (exact) mass is 457 g/mol. The van der Waals surface area contributed by atoms with Crippen molar-refractivity contribution in [1.82, 2.24) is 9.97 Å². The van der Waals surface area contributed by atoms with Crippen molar-refractivity contribution in [2.24, 2.45) is 0 Å². The summed E-state index contributed by atoms with van der Waals surface area (Å²) in [6.45, 7) is 2.19. The number of fused-ring (bicyclic) bond motifs is 1. The van der Waals surface area contributed by atoms with Gasteiger partial charge in [-0.1, -0.05) is 47.6 Å². The molecule has 0 spiro atoms. The van der Waals surface area contributed by atoms with E-state index in [1.165, 1.54) is 17.8 Å². The second-order valence-corrected chi connectivity index (χ2v) is 8.35. The minimum Gasteiger partial charge on any atom is -0.504 e. The lowest BCUT2D eigenvalue weighted by molar-refractivity contribution is -0.116. The van der Waals surface area contributed by atoms with Gasteiger partial charge in [-0.3, -0.25) is 9.59 Å². The standard InChI is InChI=1S/C22H20ClN3O4S/c1-2-30-17-9-12(7-8-16(17)27)14-10-18(28)24-20-19(14)21(29)26-22(25-20)31-11-13-5-3-4-6-15(13)23/h3-9,14,27H,2,10-11H2,1H3,(H2,24,25,26,28,29)/t14-/m0/s1. The molecule has 2 aromatic carbocycles. The lowest BCUT2D eigenvalue weighted by Gasteiger charge is -2.25. The number of aromatic hydroxyl groups is 1. The number of thioether (sulfide) groups is 1. The average Bonchev–Trinajstić information content (AvgIpc) is 2.74. The number of phenolic OH excluding ortho intramolecular Hbond substituents is 1. The van der Waals surface area contributed by atoms with Gasteiger partial charge in [-0.05, 0) is 36.2 Å². The summed E-state index contributed by atoms with van der Waals surface area (Å²) < 4.78 is 5.45. The van der Waals surface area contributed by atoms with Crippen LogP contribution in [0.1, 0.15) is 36.0 Å². The van der Waals surface area contributed by atoms with E-state index in [0.29, 0.717) is 39.4 Å². The first-order valence-corrected chi connectivity index (χ1v) is 11.1. The molecule has 7 nitrogen and oxygen atoms in total. The molecule has 9 heteroatoms. The topological polar surface area (TPSA) is 104 Å². The molecule has 1 amide bonds. The number of rotatable bonds is 6. The van der Waals surface area contributed by atoms with Gasteiger partial charge in [0.2, 0.25) is 5.91 Å². The Morgan fingerprint density at radius 3 is 2.84 bits per heavy atom. The number of phenols is 1. The highest BCUT2D eigenvalue weighted by Gasteiger charge is 2.31. The SMILES string of the molecule is CCOc1cc([C@@H]2CC(=O)Nc3nc(SCc4ccccc4Cl)[nH]c(=O)c32)ccc1O. The van der Waals surface area contributed by atoms with E-state index in [1.54, 1.807) is 18.2 Å². The predicted molar refractivity (Wildman–Crippen MR) is 120 cm³/mol. The van der Waals surface area contributed by atoms with Crippen LogP contribution in [0.2, 0.25) is 5.02 Å². The highest BCUT2D eigenvalue weighted by molar-refractivity contribution is 7.98. The zero-order chi connectivity index (χ0) is 22.0. The fraction of sp³-hybridized carbons (Fsp3) is 0.227. The lowest BCUT2D eigenvalue weighted by Crippen LogP contribution is -2.31. The number of anilines is 1. The summed E-state index contributed by atoms with van der Waals surface area (Å²) in [7, 11) is 0. The van der Waals surface area contributed by atoms with Crippen molar-refractivity contribution < 1.29 is 14.6 Å². The quantitative estimate of drug-likeness (QED) is 0.376. The van der Waals surface area contributed by atoms with Gasteiger partial charge in [-0.25, -0.2) is 4.98 Å². The van der Waals surface area contributed by atoms with Crippen molar-refractivity contribution in [2.45, 2.75) is 30.2 Å². The van der Waals surface area contributed by atoms with Gasteiger partial charge in [0.25, 0.3) is 5.56 Å².